The number of hydrogen-bond donors (Lipinski definition) is 2. The van der Waals surface area contributed by atoms with Crippen LogP contribution in [-0.4, -0.2) is 28.8 Å². The molecule has 7 nitrogen and oxygen atoms in total. The normalized spacial score (nSPS) is 17.7. The fraction of sp³-hybridized carbons (Fsp3) is 0.357. The summed E-state index contributed by atoms with van der Waals surface area (Å²) >= 11 is 0. The highest BCUT2D eigenvalue weighted by molar-refractivity contribution is 5.94. The minimum atomic E-state index is -0.346. The molecule has 1 aliphatic rings. The fourth-order valence-electron chi connectivity index (χ4n) is 2.11. The zero-order chi connectivity index (χ0) is 14.7. The molecule has 2 aromatic heterocycles. The molecule has 110 valence electrons. The first kappa shape index (κ1) is 13.6. The third-order valence-corrected chi connectivity index (χ3v) is 3.14. The topological polar surface area (TPSA) is 89.3 Å². The number of carbonyl (C=O) groups excluding carboxylic acids is 1. The Morgan fingerprint density at radius 2 is 2.29 bits per heavy atom. The molecule has 1 amide bonds. The van der Waals surface area contributed by atoms with Crippen LogP contribution in [0.25, 0.3) is 0 Å². The summed E-state index contributed by atoms with van der Waals surface area (Å²) in [6.07, 6.45) is 2.93. The molecule has 0 radical (unpaired) electrons. The number of carbonyl (C=O) groups is 1. The highest BCUT2D eigenvalue weighted by Crippen LogP contribution is 2.18. The Hall–Kier alpha value is -2.41. The largest absolute Gasteiger partial charge is 0.368 e. The molecule has 1 aliphatic heterocycles. The second kappa shape index (κ2) is 5.92. The second-order valence-electron chi connectivity index (χ2n) is 4.87. The van der Waals surface area contributed by atoms with Crippen LogP contribution < -0.4 is 10.6 Å². The number of rotatable bonds is 4. The highest BCUT2D eigenvalue weighted by atomic mass is 16.5. The molecule has 3 rings (SSSR count). The summed E-state index contributed by atoms with van der Waals surface area (Å²) in [5.74, 6) is 1.81. The van der Waals surface area contributed by atoms with Crippen LogP contribution in [0.15, 0.2) is 28.9 Å². The average Bonchev–Trinajstić information content (AvgIpc) is 3.13. The van der Waals surface area contributed by atoms with Gasteiger partial charge in [-0.1, -0.05) is 5.16 Å². The molecule has 2 aromatic rings. The molecule has 1 saturated heterocycles. The lowest BCUT2D eigenvalue weighted by atomic mass is 10.2. The summed E-state index contributed by atoms with van der Waals surface area (Å²) in [4.78, 5) is 16.1. The van der Waals surface area contributed by atoms with E-state index in [0.717, 1.165) is 18.6 Å². The summed E-state index contributed by atoms with van der Waals surface area (Å²) in [5, 5.41) is 9.62. The van der Waals surface area contributed by atoms with Crippen LogP contribution in [0.1, 0.15) is 18.6 Å². The molecule has 1 unspecified atom stereocenters. The zero-order valence-corrected chi connectivity index (χ0v) is 11.6. The van der Waals surface area contributed by atoms with Crippen LogP contribution >= 0.6 is 0 Å². The van der Waals surface area contributed by atoms with Gasteiger partial charge in [-0.25, -0.2) is 4.98 Å². The van der Waals surface area contributed by atoms with Gasteiger partial charge >= 0.3 is 0 Å². The Bertz CT molecular complexity index is 617. The third-order valence-electron chi connectivity index (χ3n) is 3.14. The number of hydrogen-bond acceptors (Lipinski definition) is 6. The lowest BCUT2D eigenvalue weighted by Crippen LogP contribution is -2.26. The number of aryl methyl sites for hydroxylation is 1. The van der Waals surface area contributed by atoms with Gasteiger partial charge in [0, 0.05) is 12.7 Å². The first-order valence-electron chi connectivity index (χ1n) is 6.79. The first-order chi connectivity index (χ1) is 10.2. The Morgan fingerprint density at radius 1 is 1.38 bits per heavy atom. The van der Waals surface area contributed by atoms with Crippen molar-refractivity contribution in [3.8, 4) is 0 Å². The number of ether oxygens (including phenoxy) is 1. The van der Waals surface area contributed by atoms with Crippen molar-refractivity contribution in [1.29, 1.82) is 0 Å². The fourth-order valence-corrected chi connectivity index (χ4v) is 2.11. The molecular formula is C14H16N4O3. The maximum absolute atomic E-state index is 11.9. The molecule has 0 bridgehead atoms. The molecule has 0 aliphatic carbocycles. The van der Waals surface area contributed by atoms with E-state index in [0.29, 0.717) is 23.9 Å². The van der Waals surface area contributed by atoms with Crippen LogP contribution in [0.2, 0.25) is 0 Å². The van der Waals surface area contributed by atoms with Crippen LogP contribution in [0.5, 0.6) is 0 Å². The van der Waals surface area contributed by atoms with Crippen molar-refractivity contribution in [1.82, 2.24) is 10.1 Å². The molecule has 1 fully saturated rings. The molecular weight excluding hydrogens is 272 g/mol. The van der Waals surface area contributed by atoms with Crippen molar-refractivity contribution in [3.05, 3.63) is 30.2 Å². The van der Waals surface area contributed by atoms with E-state index >= 15 is 0 Å². The Balaban J connectivity index is 1.59. The molecule has 0 saturated carbocycles. The minimum Gasteiger partial charge on any atom is -0.368 e. The summed E-state index contributed by atoms with van der Waals surface area (Å²) in [6.45, 7) is 2.46. The molecule has 0 aromatic carbocycles. The number of nitrogens with one attached hydrogen (secondary N) is 2. The van der Waals surface area contributed by atoms with Crippen LogP contribution in [0, 0.1) is 6.92 Å². The smallest absolute Gasteiger partial charge is 0.253 e. The minimum absolute atomic E-state index is 0.123. The highest BCUT2D eigenvalue weighted by Gasteiger charge is 2.23. The van der Waals surface area contributed by atoms with Gasteiger partial charge in [-0.05, 0) is 31.9 Å². The van der Waals surface area contributed by atoms with E-state index in [2.05, 4.69) is 20.8 Å². The van der Waals surface area contributed by atoms with E-state index in [-0.39, 0.29) is 12.0 Å². The number of aromatic nitrogens is 2. The van der Waals surface area contributed by atoms with Gasteiger partial charge in [0.2, 0.25) is 0 Å². The Morgan fingerprint density at radius 3 is 2.90 bits per heavy atom. The molecule has 3 heterocycles. The van der Waals surface area contributed by atoms with E-state index in [1.165, 1.54) is 0 Å². The lowest BCUT2D eigenvalue weighted by Gasteiger charge is -2.10. The van der Waals surface area contributed by atoms with Crippen molar-refractivity contribution in [2.45, 2.75) is 25.9 Å². The first-order valence-corrected chi connectivity index (χ1v) is 6.79. The SMILES string of the molecule is Cc1cc(Nc2ccc(NC(=O)C3CCCO3)cn2)no1. The third kappa shape index (κ3) is 3.38. The van der Waals surface area contributed by atoms with Gasteiger partial charge in [-0.2, -0.15) is 0 Å². The standard InChI is InChI=1S/C14H16N4O3/c1-9-7-13(18-21-9)17-12-5-4-10(8-15-12)16-14(19)11-3-2-6-20-11/h4-5,7-8,11H,2-3,6H2,1H3,(H,16,19)(H,15,17,18). The average molecular weight is 288 g/mol. The van der Waals surface area contributed by atoms with Gasteiger partial charge in [-0.15, -0.1) is 0 Å². The van der Waals surface area contributed by atoms with Gasteiger partial charge in [-0.3, -0.25) is 4.79 Å². The van der Waals surface area contributed by atoms with E-state index in [9.17, 15) is 4.79 Å². The maximum atomic E-state index is 11.9. The van der Waals surface area contributed by atoms with Crippen molar-refractivity contribution in [2.75, 3.05) is 17.2 Å². The summed E-state index contributed by atoms with van der Waals surface area (Å²) in [7, 11) is 0. The van der Waals surface area contributed by atoms with Gasteiger partial charge in [0.25, 0.3) is 5.91 Å². The van der Waals surface area contributed by atoms with Crippen molar-refractivity contribution in [3.63, 3.8) is 0 Å². The predicted molar refractivity (Wildman–Crippen MR) is 76.4 cm³/mol. The zero-order valence-electron chi connectivity index (χ0n) is 11.6. The Labute approximate surface area is 121 Å². The summed E-state index contributed by atoms with van der Waals surface area (Å²) in [5.41, 5.74) is 0.636. The van der Waals surface area contributed by atoms with Gasteiger partial charge in [0.15, 0.2) is 5.82 Å². The van der Waals surface area contributed by atoms with Crippen molar-refractivity contribution >= 4 is 23.2 Å². The predicted octanol–water partition coefficient (Wildman–Crippen LogP) is 2.24. The molecule has 1 atom stereocenters. The van der Waals surface area contributed by atoms with Gasteiger partial charge in [0.05, 0.1) is 11.9 Å². The van der Waals surface area contributed by atoms with E-state index in [4.69, 9.17) is 9.26 Å². The summed E-state index contributed by atoms with van der Waals surface area (Å²) < 4.78 is 10.3. The summed E-state index contributed by atoms with van der Waals surface area (Å²) in [6, 6.07) is 5.30. The van der Waals surface area contributed by atoms with Gasteiger partial charge < -0.3 is 19.9 Å². The van der Waals surface area contributed by atoms with E-state index in [1.54, 1.807) is 24.4 Å². The van der Waals surface area contributed by atoms with Crippen molar-refractivity contribution < 1.29 is 14.1 Å². The quantitative estimate of drug-likeness (QED) is 0.896. The van der Waals surface area contributed by atoms with Gasteiger partial charge in [0.1, 0.15) is 17.7 Å². The molecule has 21 heavy (non-hydrogen) atoms. The number of anilines is 3. The molecule has 7 heteroatoms. The maximum Gasteiger partial charge on any atom is 0.253 e. The molecule has 2 N–H and O–H groups in total. The number of amides is 1. The monoisotopic (exact) mass is 288 g/mol. The van der Waals surface area contributed by atoms with Crippen LogP contribution in [0.3, 0.4) is 0 Å². The number of pyridine rings is 1. The lowest BCUT2D eigenvalue weighted by molar-refractivity contribution is -0.124. The van der Waals surface area contributed by atoms with Crippen LogP contribution in [-0.2, 0) is 9.53 Å². The van der Waals surface area contributed by atoms with E-state index < -0.39 is 0 Å². The Kier molecular flexibility index (Phi) is 3.83. The van der Waals surface area contributed by atoms with Crippen LogP contribution in [0.4, 0.5) is 17.3 Å². The van der Waals surface area contributed by atoms with E-state index in [1.807, 2.05) is 6.92 Å². The van der Waals surface area contributed by atoms with Crippen molar-refractivity contribution in [2.24, 2.45) is 0 Å². The number of nitrogens with zero attached hydrogens (tertiary/aromatic N) is 2. The second-order valence-corrected chi connectivity index (χ2v) is 4.87. The molecule has 0 spiro atoms.